The van der Waals surface area contributed by atoms with Gasteiger partial charge in [-0.25, -0.2) is 4.98 Å². The maximum Gasteiger partial charge on any atom is 0.191 e. The number of guanidine groups is 1. The van der Waals surface area contributed by atoms with Crippen LogP contribution in [0.4, 0.5) is 0 Å². The topological polar surface area (TPSA) is 74.3 Å². The predicted molar refractivity (Wildman–Crippen MR) is 129 cm³/mol. The number of nitrogens with zero attached hydrogens (tertiary/aromatic N) is 2. The van der Waals surface area contributed by atoms with Crippen molar-refractivity contribution in [2.75, 3.05) is 13.6 Å². The molecule has 29 heavy (non-hydrogen) atoms. The highest BCUT2D eigenvalue weighted by molar-refractivity contribution is 14.0. The van der Waals surface area contributed by atoms with Crippen molar-refractivity contribution < 1.29 is 4.74 Å². The molecule has 0 bridgehead atoms. The highest BCUT2D eigenvalue weighted by Crippen LogP contribution is 2.17. The normalized spacial score (nSPS) is 12.0. The number of imidazole rings is 1. The van der Waals surface area contributed by atoms with Crippen LogP contribution in [0.2, 0.25) is 0 Å². The number of hydrogen-bond donors (Lipinski definition) is 3. The second-order valence-corrected chi connectivity index (χ2v) is 6.61. The predicted octanol–water partition coefficient (Wildman–Crippen LogP) is 4.14. The molecule has 0 aliphatic rings. The third-order valence-corrected chi connectivity index (χ3v) is 4.34. The molecule has 0 saturated heterocycles. The summed E-state index contributed by atoms with van der Waals surface area (Å²) in [5.41, 5.74) is 3.25. The summed E-state index contributed by atoms with van der Waals surface area (Å²) in [5, 5.41) is 6.56. The Morgan fingerprint density at radius 1 is 1.10 bits per heavy atom. The number of benzene rings is 2. The highest BCUT2D eigenvalue weighted by Gasteiger charge is 2.08. The number of H-pyrrole nitrogens is 1. The number of rotatable bonds is 7. The molecule has 154 valence electrons. The van der Waals surface area contributed by atoms with E-state index in [0.29, 0.717) is 19.0 Å². The number of aliphatic imine (C=N–C) groups is 1. The van der Waals surface area contributed by atoms with Gasteiger partial charge in [0.1, 0.15) is 17.7 Å². The molecule has 0 fully saturated rings. The maximum absolute atomic E-state index is 5.99. The number of aromatic amines is 1. The van der Waals surface area contributed by atoms with Crippen molar-refractivity contribution in [3.63, 3.8) is 0 Å². The van der Waals surface area contributed by atoms with Crippen molar-refractivity contribution in [2.45, 2.75) is 26.5 Å². The van der Waals surface area contributed by atoms with E-state index >= 15 is 0 Å². The van der Waals surface area contributed by atoms with E-state index in [0.717, 1.165) is 28.4 Å². The molecule has 0 amide bonds. The molecule has 6 nitrogen and oxygen atoms in total. The van der Waals surface area contributed by atoms with Crippen molar-refractivity contribution >= 4 is 29.9 Å². The van der Waals surface area contributed by atoms with Crippen LogP contribution in [0.25, 0.3) is 11.3 Å². The van der Waals surface area contributed by atoms with Crippen LogP contribution < -0.4 is 15.4 Å². The van der Waals surface area contributed by atoms with Crippen molar-refractivity contribution in [1.82, 2.24) is 20.6 Å². The van der Waals surface area contributed by atoms with E-state index in [1.807, 2.05) is 62.5 Å². The Hall–Kier alpha value is -2.55. The van der Waals surface area contributed by atoms with Crippen LogP contribution in [-0.4, -0.2) is 35.6 Å². The number of aryl methyl sites for hydroxylation is 1. The van der Waals surface area contributed by atoms with E-state index in [1.165, 1.54) is 0 Å². The van der Waals surface area contributed by atoms with E-state index < -0.39 is 0 Å². The lowest BCUT2D eigenvalue weighted by atomic mass is 10.2. The first-order valence-electron chi connectivity index (χ1n) is 9.42. The molecule has 1 aromatic heterocycles. The van der Waals surface area contributed by atoms with Gasteiger partial charge in [0.2, 0.25) is 0 Å². The molecule has 1 unspecified atom stereocenters. The molecular formula is C22H28IN5O. The van der Waals surface area contributed by atoms with Gasteiger partial charge in [0.25, 0.3) is 0 Å². The van der Waals surface area contributed by atoms with Crippen LogP contribution >= 0.6 is 24.0 Å². The minimum absolute atomic E-state index is 0. The Bertz CT molecular complexity index is 910. The van der Waals surface area contributed by atoms with Gasteiger partial charge in [0.15, 0.2) is 5.96 Å². The number of ether oxygens (including phenoxy) is 1. The third kappa shape index (κ3) is 6.77. The first-order valence-corrected chi connectivity index (χ1v) is 9.42. The summed E-state index contributed by atoms with van der Waals surface area (Å²) < 4.78 is 5.99. The Labute approximate surface area is 189 Å². The quantitative estimate of drug-likeness (QED) is 0.257. The Kier molecular flexibility index (Phi) is 8.98. The molecule has 1 atom stereocenters. The summed E-state index contributed by atoms with van der Waals surface area (Å²) in [6.07, 6.45) is 1.86. The van der Waals surface area contributed by atoms with Gasteiger partial charge in [-0.2, -0.15) is 0 Å². The van der Waals surface area contributed by atoms with Gasteiger partial charge in [-0.15, -0.1) is 24.0 Å². The summed E-state index contributed by atoms with van der Waals surface area (Å²) in [6, 6.07) is 18.2. The number of nitrogens with one attached hydrogen (secondary N) is 3. The molecule has 0 aliphatic carbocycles. The molecule has 3 N–H and O–H groups in total. The summed E-state index contributed by atoms with van der Waals surface area (Å²) in [7, 11) is 1.75. The second kappa shape index (κ2) is 11.5. The molecule has 2 aromatic carbocycles. The van der Waals surface area contributed by atoms with E-state index in [4.69, 9.17) is 4.74 Å². The molecule has 1 heterocycles. The first kappa shape index (κ1) is 22.7. The zero-order chi connectivity index (χ0) is 19.8. The fourth-order valence-electron chi connectivity index (χ4n) is 2.79. The third-order valence-electron chi connectivity index (χ3n) is 4.34. The molecule has 7 heteroatoms. The van der Waals surface area contributed by atoms with E-state index in [1.54, 1.807) is 7.05 Å². The zero-order valence-corrected chi connectivity index (χ0v) is 19.3. The largest absolute Gasteiger partial charge is 0.489 e. The molecule has 0 spiro atoms. The lowest BCUT2D eigenvalue weighted by Crippen LogP contribution is -2.41. The minimum atomic E-state index is 0. The number of halogens is 1. The first-order chi connectivity index (χ1) is 13.7. The highest BCUT2D eigenvalue weighted by atomic mass is 127. The van der Waals surface area contributed by atoms with Gasteiger partial charge in [-0.05, 0) is 31.0 Å². The summed E-state index contributed by atoms with van der Waals surface area (Å²) in [4.78, 5) is 12.0. The lowest BCUT2D eigenvalue weighted by molar-refractivity contribution is 0.222. The standard InChI is InChI=1S/C22H27N5O.HI/c1-16-9-7-8-12-20(16)28-17(2)13-25-22(23-3)26-15-21-24-14-19(27-21)18-10-5-4-6-11-18;/h4-12,14,17H,13,15H2,1-3H3,(H,24,27)(H2,23,25,26);1H. The summed E-state index contributed by atoms with van der Waals surface area (Å²) in [5.74, 6) is 2.47. The van der Waals surface area contributed by atoms with Crippen molar-refractivity contribution in [1.29, 1.82) is 0 Å². The summed E-state index contributed by atoms with van der Waals surface area (Å²) in [6.45, 7) is 5.27. The van der Waals surface area contributed by atoms with Crippen LogP contribution in [0, 0.1) is 6.92 Å². The SMILES string of the molecule is CN=C(NCc1ncc(-c2ccccc2)[nH]1)NCC(C)Oc1ccccc1C.I. The van der Waals surface area contributed by atoms with Gasteiger partial charge in [-0.3, -0.25) is 4.99 Å². The van der Waals surface area contributed by atoms with Gasteiger partial charge in [0.05, 0.1) is 25.0 Å². The molecule has 3 rings (SSSR count). The molecular weight excluding hydrogens is 477 g/mol. The monoisotopic (exact) mass is 505 g/mol. The molecule has 0 aliphatic heterocycles. The second-order valence-electron chi connectivity index (χ2n) is 6.61. The minimum Gasteiger partial charge on any atom is -0.489 e. The van der Waals surface area contributed by atoms with E-state index in [-0.39, 0.29) is 30.1 Å². The number of para-hydroxylation sites is 1. The maximum atomic E-state index is 5.99. The van der Waals surface area contributed by atoms with Gasteiger partial charge < -0.3 is 20.4 Å². The Morgan fingerprint density at radius 3 is 2.55 bits per heavy atom. The fourth-order valence-corrected chi connectivity index (χ4v) is 2.79. The average molecular weight is 505 g/mol. The van der Waals surface area contributed by atoms with Crippen LogP contribution in [0.5, 0.6) is 5.75 Å². The van der Waals surface area contributed by atoms with Gasteiger partial charge in [0, 0.05) is 7.05 Å². The van der Waals surface area contributed by atoms with Crippen LogP contribution in [0.15, 0.2) is 65.8 Å². The Balaban J connectivity index is 0.00000300. The number of hydrogen-bond acceptors (Lipinski definition) is 3. The smallest absolute Gasteiger partial charge is 0.191 e. The fraction of sp³-hybridized carbons (Fsp3) is 0.273. The Morgan fingerprint density at radius 2 is 1.83 bits per heavy atom. The number of aromatic nitrogens is 2. The van der Waals surface area contributed by atoms with E-state index in [2.05, 4.69) is 37.7 Å². The van der Waals surface area contributed by atoms with Crippen molar-refractivity contribution in [3.8, 4) is 17.0 Å². The van der Waals surface area contributed by atoms with E-state index in [9.17, 15) is 0 Å². The molecule has 0 radical (unpaired) electrons. The average Bonchev–Trinajstić information content (AvgIpc) is 3.20. The zero-order valence-electron chi connectivity index (χ0n) is 17.0. The van der Waals surface area contributed by atoms with Crippen LogP contribution in [0.3, 0.4) is 0 Å². The summed E-state index contributed by atoms with van der Waals surface area (Å²) >= 11 is 0. The molecule has 0 saturated carbocycles. The van der Waals surface area contributed by atoms with Crippen molar-refractivity contribution in [2.24, 2.45) is 4.99 Å². The lowest BCUT2D eigenvalue weighted by Gasteiger charge is -2.18. The van der Waals surface area contributed by atoms with Gasteiger partial charge in [-0.1, -0.05) is 48.5 Å². The van der Waals surface area contributed by atoms with Crippen LogP contribution in [-0.2, 0) is 6.54 Å². The van der Waals surface area contributed by atoms with Gasteiger partial charge >= 0.3 is 0 Å². The van der Waals surface area contributed by atoms with Crippen LogP contribution in [0.1, 0.15) is 18.3 Å². The molecule has 3 aromatic rings. The van der Waals surface area contributed by atoms with Crippen molar-refractivity contribution in [3.05, 3.63) is 72.2 Å².